The van der Waals surface area contributed by atoms with Crippen molar-refractivity contribution in [3.05, 3.63) is 81.4 Å². The fraction of sp³-hybridized carbons (Fsp3) is 0.286. The van der Waals surface area contributed by atoms with Crippen LogP contribution in [-0.4, -0.2) is 46.9 Å². The van der Waals surface area contributed by atoms with Gasteiger partial charge in [-0.1, -0.05) is 23.9 Å². The smallest absolute Gasteiger partial charge is 0.227 e. The molecule has 0 radical (unpaired) electrons. The Labute approximate surface area is 234 Å². The first-order chi connectivity index (χ1) is 19.1. The van der Waals surface area contributed by atoms with Gasteiger partial charge in [-0.05, 0) is 47.7 Å². The minimum Gasteiger partial charge on any atom is -0.493 e. The number of allylic oxidation sites excluding steroid dienone is 2. The number of benzene rings is 1. The Kier molecular flexibility index (Phi) is 7.01. The van der Waals surface area contributed by atoms with Crippen LogP contribution in [0, 0.1) is 0 Å². The van der Waals surface area contributed by atoms with Gasteiger partial charge >= 0.3 is 0 Å². The van der Waals surface area contributed by atoms with Crippen molar-refractivity contribution in [1.29, 1.82) is 0 Å². The minimum absolute atomic E-state index is 0.0877. The van der Waals surface area contributed by atoms with E-state index in [0.717, 1.165) is 17.0 Å². The topological polar surface area (TPSA) is 100 Å². The number of thioether (sulfide) groups is 1. The van der Waals surface area contributed by atoms with Crippen LogP contribution < -0.4 is 19.5 Å². The molecule has 0 amide bonds. The van der Waals surface area contributed by atoms with Gasteiger partial charge in [0.1, 0.15) is 6.04 Å². The van der Waals surface area contributed by atoms with Gasteiger partial charge in [0, 0.05) is 40.4 Å². The number of nitrogens with zero attached hydrogens (tertiary/aromatic N) is 4. The van der Waals surface area contributed by atoms with Gasteiger partial charge in [0.15, 0.2) is 17.3 Å². The number of fused-ring (bicyclic) bond motifs is 1. The summed E-state index contributed by atoms with van der Waals surface area (Å²) in [7, 11) is 4.74. The van der Waals surface area contributed by atoms with E-state index in [1.165, 1.54) is 16.6 Å². The molecule has 0 fully saturated rings. The molecule has 1 aromatic carbocycles. The molecule has 0 bridgehead atoms. The lowest BCUT2D eigenvalue weighted by Crippen LogP contribution is -2.33. The van der Waals surface area contributed by atoms with Gasteiger partial charge in [-0.15, -0.1) is 16.4 Å². The highest BCUT2D eigenvalue weighted by Crippen LogP contribution is 2.48. The standard InChI is InChI=1S/C28H27N5O4S2/c1-35-21-13-17(14-22(36-2)26(21)37-3)25-24-19(11-16(12-20(24)34)23-8-6-10-38-23)30-27-31-28(32-33(25)27)39-15-18-7-4-5-9-29-18/h4-10,13-14,16,25H,11-12,15H2,1-3H3,(H,30,31,32)/t16-,25+/m1/s1. The first kappa shape index (κ1) is 25.4. The van der Waals surface area contributed by atoms with Crippen LogP contribution in [0.4, 0.5) is 5.95 Å². The van der Waals surface area contributed by atoms with Crippen molar-refractivity contribution >= 4 is 34.8 Å². The number of aromatic nitrogens is 4. The van der Waals surface area contributed by atoms with E-state index in [2.05, 4.69) is 21.7 Å². The fourth-order valence-electron chi connectivity index (χ4n) is 5.17. The molecule has 0 saturated carbocycles. The second-order valence-electron chi connectivity index (χ2n) is 9.19. The summed E-state index contributed by atoms with van der Waals surface area (Å²) in [6, 6.07) is 13.2. The number of nitrogens with one attached hydrogen (secondary N) is 1. The summed E-state index contributed by atoms with van der Waals surface area (Å²) in [4.78, 5) is 24.2. The molecule has 0 unspecified atom stereocenters. The van der Waals surface area contributed by atoms with E-state index in [1.54, 1.807) is 43.5 Å². The van der Waals surface area contributed by atoms with E-state index in [1.807, 2.05) is 36.4 Å². The van der Waals surface area contributed by atoms with Gasteiger partial charge in [-0.25, -0.2) is 4.68 Å². The first-order valence-corrected chi connectivity index (χ1v) is 14.3. The summed E-state index contributed by atoms with van der Waals surface area (Å²) in [5, 5.41) is 11.0. The molecule has 6 rings (SSSR count). The Bertz CT molecular complexity index is 1510. The molecule has 4 aromatic rings. The maximum Gasteiger partial charge on any atom is 0.227 e. The summed E-state index contributed by atoms with van der Waals surface area (Å²) in [6.07, 6.45) is 2.93. The van der Waals surface area contributed by atoms with Crippen LogP contribution in [0.5, 0.6) is 17.2 Å². The fourth-order valence-corrected chi connectivity index (χ4v) is 6.74. The Morgan fingerprint density at radius 2 is 1.90 bits per heavy atom. The molecule has 4 heterocycles. The normalized spacial score (nSPS) is 18.3. The van der Waals surface area contributed by atoms with Gasteiger partial charge in [0.05, 0.1) is 27.0 Å². The van der Waals surface area contributed by atoms with Crippen molar-refractivity contribution in [2.75, 3.05) is 26.6 Å². The number of methoxy groups -OCH3 is 3. The van der Waals surface area contributed by atoms with Gasteiger partial charge < -0.3 is 19.5 Å². The zero-order valence-corrected chi connectivity index (χ0v) is 23.3. The van der Waals surface area contributed by atoms with Crippen molar-refractivity contribution in [2.45, 2.75) is 35.7 Å². The molecule has 0 saturated heterocycles. The summed E-state index contributed by atoms with van der Waals surface area (Å²) < 4.78 is 18.6. The van der Waals surface area contributed by atoms with Crippen molar-refractivity contribution in [2.24, 2.45) is 0 Å². The molecule has 1 aliphatic heterocycles. The SMILES string of the molecule is COc1cc([C@H]2C3=C(C[C@@H](c4cccs4)CC3=O)Nc3nc(SCc4ccccn4)nn32)cc(OC)c1OC. The zero-order valence-electron chi connectivity index (χ0n) is 21.7. The summed E-state index contributed by atoms with van der Waals surface area (Å²) in [5.74, 6) is 2.95. The second kappa shape index (κ2) is 10.7. The Morgan fingerprint density at radius 1 is 1.08 bits per heavy atom. The second-order valence-corrected chi connectivity index (χ2v) is 11.1. The number of ether oxygens (including phenoxy) is 3. The van der Waals surface area contributed by atoms with Gasteiger partial charge in [0.25, 0.3) is 0 Å². The Morgan fingerprint density at radius 3 is 2.56 bits per heavy atom. The predicted octanol–water partition coefficient (Wildman–Crippen LogP) is 5.47. The highest BCUT2D eigenvalue weighted by atomic mass is 32.2. The number of rotatable bonds is 8. The van der Waals surface area contributed by atoms with Crippen LogP contribution in [0.2, 0.25) is 0 Å². The number of anilines is 1. The lowest BCUT2D eigenvalue weighted by Gasteiger charge is -2.35. The zero-order chi connectivity index (χ0) is 26.9. The largest absolute Gasteiger partial charge is 0.493 e. The highest BCUT2D eigenvalue weighted by Gasteiger charge is 2.40. The summed E-state index contributed by atoms with van der Waals surface area (Å²) in [5.41, 5.74) is 3.31. The summed E-state index contributed by atoms with van der Waals surface area (Å²) >= 11 is 3.19. The van der Waals surface area contributed by atoms with Crippen LogP contribution >= 0.6 is 23.1 Å². The number of thiophene rings is 1. The number of hydrogen-bond acceptors (Lipinski definition) is 10. The van der Waals surface area contributed by atoms with Crippen molar-refractivity contribution in [3.8, 4) is 17.2 Å². The third kappa shape index (κ3) is 4.76. The van der Waals surface area contributed by atoms with E-state index in [9.17, 15) is 4.79 Å². The molecule has 200 valence electrons. The predicted molar refractivity (Wildman–Crippen MR) is 150 cm³/mol. The molecule has 2 atom stereocenters. The van der Waals surface area contributed by atoms with Crippen molar-refractivity contribution in [1.82, 2.24) is 19.7 Å². The van der Waals surface area contributed by atoms with Gasteiger partial charge in [-0.3, -0.25) is 9.78 Å². The minimum atomic E-state index is -0.501. The average Bonchev–Trinajstić information content (AvgIpc) is 3.65. The van der Waals surface area contributed by atoms with E-state index in [0.29, 0.717) is 52.5 Å². The van der Waals surface area contributed by atoms with Crippen molar-refractivity contribution < 1.29 is 19.0 Å². The molecule has 0 spiro atoms. The van der Waals surface area contributed by atoms with Gasteiger partial charge in [0.2, 0.25) is 16.9 Å². The van der Waals surface area contributed by atoms with Gasteiger partial charge in [-0.2, -0.15) is 4.98 Å². The number of Topliss-reactive ketones (excluding diaryl/α,β-unsaturated/α-hetero) is 1. The number of pyridine rings is 1. The highest BCUT2D eigenvalue weighted by molar-refractivity contribution is 7.98. The Balaban J connectivity index is 1.44. The lowest BCUT2D eigenvalue weighted by atomic mass is 9.80. The van der Waals surface area contributed by atoms with Crippen molar-refractivity contribution in [3.63, 3.8) is 0 Å². The molecule has 3 aromatic heterocycles. The van der Waals surface area contributed by atoms with E-state index in [4.69, 9.17) is 24.3 Å². The number of carbonyl (C=O) groups is 1. The van der Waals surface area contributed by atoms with Crippen LogP contribution in [-0.2, 0) is 10.5 Å². The third-order valence-electron chi connectivity index (χ3n) is 6.92. The summed E-state index contributed by atoms with van der Waals surface area (Å²) in [6.45, 7) is 0. The van der Waals surface area contributed by atoms with Crippen LogP contribution in [0.3, 0.4) is 0 Å². The monoisotopic (exact) mass is 561 g/mol. The molecule has 9 nitrogen and oxygen atoms in total. The van der Waals surface area contributed by atoms with Crippen LogP contribution in [0.1, 0.15) is 40.9 Å². The Hall–Kier alpha value is -3.83. The maximum atomic E-state index is 13.8. The number of hydrogen-bond donors (Lipinski definition) is 1. The van der Waals surface area contributed by atoms with Crippen LogP contribution in [0.25, 0.3) is 0 Å². The van der Waals surface area contributed by atoms with E-state index >= 15 is 0 Å². The molecule has 1 aliphatic carbocycles. The lowest BCUT2D eigenvalue weighted by molar-refractivity contribution is -0.116. The number of ketones is 1. The maximum absolute atomic E-state index is 13.8. The van der Waals surface area contributed by atoms with Crippen LogP contribution in [0.15, 0.2) is 70.5 Å². The van der Waals surface area contributed by atoms with E-state index < -0.39 is 6.04 Å². The molecule has 1 N–H and O–H groups in total. The first-order valence-electron chi connectivity index (χ1n) is 12.5. The molecular formula is C28H27N5O4S2. The molecule has 11 heteroatoms. The average molecular weight is 562 g/mol. The third-order valence-corrected chi connectivity index (χ3v) is 8.83. The molecular weight excluding hydrogens is 534 g/mol. The quantitative estimate of drug-likeness (QED) is 0.281. The molecule has 2 aliphatic rings. The molecule has 39 heavy (non-hydrogen) atoms. The number of carbonyl (C=O) groups excluding carboxylic acids is 1. The van der Waals surface area contributed by atoms with E-state index in [-0.39, 0.29) is 11.7 Å².